The van der Waals surface area contributed by atoms with Gasteiger partial charge in [-0.2, -0.15) is 0 Å². The Balaban J connectivity index is 1.74. The zero-order valence-electron chi connectivity index (χ0n) is 15.2. The standard InChI is InChI=1S/C20H17N3O4S/c1-2-3-17(25)22-16-10-13(4-5-21-16)14-12-28-20-15(24)11-18(27-19(14)20)23-6-8-26-9-7-23/h4-5,10-12H,6-9H2,1H3,(H,21,22,25). The molecule has 0 unspecified atom stereocenters. The molecule has 4 rings (SSSR count). The van der Waals surface area contributed by atoms with Crippen molar-refractivity contribution in [3.05, 3.63) is 40.0 Å². The number of nitrogens with zero attached hydrogens (tertiary/aromatic N) is 2. The molecule has 1 saturated heterocycles. The molecule has 8 heteroatoms. The van der Waals surface area contributed by atoms with Crippen LogP contribution in [0.4, 0.5) is 11.7 Å². The van der Waals surface area contributed by atoms with E-state index in [4.69, 9.17) is 9.15 Å². The number of fused-ring (bicyclic) bond motifs is 1. The predicted octanol–water partition coefficient (Wildman–Crippen LogP) is 2.71. The van der Waals surface area contributed by atoms with Gasteiger partial charge in [0.2, 0.25) is 5.43 Å². The van der Waals surface area contributed by atoms with Crippen LogP contribution in [0.5, 0.6) is 0 Å². The maximum absolute atomic E-state index is 12.6. The summed E-state index contributed by atoms with van der Waals surface area (Å²) in [6, 6.07) is 5.08. The normalized spacial score (nSPS) is 13.8. The minimum absolute atomic E-state index is 0.0696. The highest BCUT2D eigenvalue weighted by molar-refractivity contribution is 7.17. The van der Waals surface area contributed by atoms with E-state index >= 15 is 0 Å². The molecule has 4 heterocycles. The lowest BCUT2D eigenvalue weighted by Crippen LogP contribution is -2.36. The first kappa shape index (κ1) is 18.2. The van der Waals surface area contributed by atoms with Gasteiger partial charge in [-0.05, 0) is 30.5 Å². The van der Waals surface area contributed by atoms with Gasteiger partial charge in [-0.1, -0.05) is 5.92 Å². The molecule has 0 atom stereocenters. The van der Waals surface area contributed by atoms with E-state index in [1.54, 1.807) is 19.2 Å². The van der Waals surface area contributed by atoms with E-state index in [0.717, 1.165) is 11.1 Å². The van der Waals surface area contributed by atoms with Crippen LogP contribution in [-0.2, 0) is 9.53 Å². The Morgan fingerprint density at radius 3 is 2.93 bits per heavy atom. The molecule has 0 saturated carbocycles. The molecule has 0 radical (unpaired) electrons. The molecule has 1 fully saturated rings. The highest BCUT2D eigenvalue weighted by Crippen LogP contribution is 2.35. The van der Waals surface area contributed by atoms with Gasteiger partial charge >= 0.3 is 5.91 Å². The third-order valence-corrected chi connectivity index (χ3v) is 5.28. The molecule has 0 bridgehead atoms. The van der Waals surface area contributed by atoms with Gasteiger partial charge in [0, 0.05) is 36.3 Å². The molecule has 0 aromatic carbocycles. The zero-order chi connectivity index (χ0) is 19.5. The van der Waals surface area contributed by atoms with Gasteiger partial charge in [0.25, 0.3) is 0 Å². The Hall–Kier alpha value is -3.15. The second-order valence-electron chi connectivity index (χ2n) is 6.11. The van der Waals surface area contributed by atoms with Crippen LogP contribution in [0.15, 0.2) is 39.0 Å². The third-order valence-electron chi connectivity index (χ3n) is 4.30. The summed E-state index contributed by atoms with van der Waals surface area (Å²) in [6.07, 6.45) is 1.59. The van der Waals surface area contributed by atoms with Gasteiger partial charge in [0.05, 0.1) is 13.2 Å². The number of carbonyl (C=O) groups is 1. The molecular weight excluding hydrogens is 378 g/mol. The van der Waals surface area contributed by atoms with Crippen molar-refractivity contribution in [2.24, 2.45) is 0 Å². The number of morpholine rings is 1. The Morgan fingerprint density at radius 1 is 1.32 bits per heavy atom. The van der Waals surface area contributed by atoms with Crippen LogP contribution in [0.2, 0.25) is 0 Å². The lowest BCUT2D eigenvalue weighted by Gasteiger charge is -2.27. The fourth-order valence-electron chi connectivity index (χ4n) is 3.00. The largest absolute Gasteiger partial charge is 0.439 e. The maximum atomic E-state index is 12.6. The van der Waals surface area contributed by atoms with Crippen molar-refractivity contribution in [1.29, 1.82) is 0 Å². The Kier molecular flexibility index (Phi) is 5.10. The molecule has 1 aliphatic rings. The summed E-state index contributed by atoms with van der Waals surface area (Å²) < 4.78 is 12.0. The van der Waals surface area contributed by atoms with E-state index in [2.05, 4.69) is 22.1 Å². The molecule has 0 aliphatic carbocycles. The number of rotatable bonds is 3. The number of amides is 1. The lowest BCUT2D eigenvalue weighted by atomic mass is 10.1. The molecule has 7 nitrogen and oxygen atoms in total. The van der Waals surface area contributed by atoms with Gasteiger partial charge in [-0.25, -0.2) is 4.98 Å². The first-order chi connectivity index (χ1) is 13.7. The van der Waals surface area contributed by atoms with E-state index < -0.39 is 5.91 Å². The van der Waals surface area contributed by atoms with E-state index in [-0.39, 0.29) is 5.43 Å². The van der Waals surface area contributed by atoms with Crippen molar-refractivity contribution in [1.82, 2.24) is 4.98 Å². The van der Waals surface area contributed by atoms with Crippen molar-refractivity contribution in [3.63, 3.8) is 0 Å². The first-order valence-electron chi connectivity index (χ1n) is 8.74. The van der Waals surface area contributed by atoms with Gasteiger partial charge in [0.1, 0.15) is 10.5 Å². The monoisotopic (exact) mass is 395 g/mol. The van der Waals surface area contributed by atoms with E-state index in [1.165, 1.54) is 17.4 Å². The van der Waals surface area contributed by atoms with Crippen LogP contribution in [0.1, 0.15) is 6.92 Å². The third kappa shape index (κ3) is 3.63. The number of pyridine rings is 1. The van der Waals surface area contributed by atoms with Crippen LogP contribution in [-0.4, -0.2) is 37.2 Å². The topological polar surface area (TPSA) is 84.7 Å². The summed E-state index contributed by atoms with van der Waals surface area (Å²) in [5, 5.41) is 4.51. The quantitative estimate of drug-likeness (QED) is 0.687. The van der Waals surface area contributed by atoms with Crippen molar-refractivity contribution in [3.8, 4) is 23.0 Å². The van der Waals surface area contributed by atoms with Crippen LogP contribution < -0.4 is 15.6 Å². The number of hydrogen-bond donors (Lipinski definition) is 1. The van der Waals surface area contributed by atoms with Crippen molar-refractivity contribution in [2.45, 2.75) is 6.92 Å². The molecule has 1 N–H and O–H groups in total. The number of nitrogens with one attached hydrogen (secondary N) is 1. The van der Waals surface area contributed by atoms with Crippen LogP contribution >= 0.6 is 11.3 Å². The van der Waals surface area contributed by atoms with E-state index in [1.807, 2.05) is 16.3 Å². The minimum Gasteiger partial charge on any atom is -0.439 e. The summed E-state index contributed by atoms with van der Waals surface area (Å²) in [4.78, 5) is 30.4. The average Bonchev–Trinajstić information content (AvgIpc) is 3.14. The van der Waals surface area contributed by atoms with Crippen LogP contribution in [0.25, 0.3) is 21.4 Å². The number of thiophene rings is 1. The summed E-state index contributed by atoms with van der Waals surface area (Å²) >= 11 is 1.34. The predicted molar refractivity (Wildman–Crippen MR) is 109 cm³/mol. The fourth-order valence-corrected chi connectivity index (χ4v) is 3.91. The Morgan fingerprint density at radius 2 is 2.14 bits per heavy atom. The number of carbonyl (C=O) groups excluding carboxylic acids is 1. The fraction of sp³-hybridized carbons (Fsp3) is 0.250. The number of ether oxygens (including phenoxy) is 1. The van der Waals surface area contributed by atoms with E-state index in [0.29, 0.717) is 48.3 Å². The van der Waals surface area contributed by atoms with Gasteiger partial charge in [-0.3, -0.25) is 14.9 Å². The highest BCUT2D eigenvalue weighted by atomic mass is 32.1. The minimum atomic E-state index is -0.427. The van der Waals surface area contributed by atoms with Crippen LogP contribution in [0.3, 0.4) is 0 Å². The second-order valence-corrected chi connectivity index (χ2v) is 6.99. The van der Waals surface area contributed by atoms with Crippen molar-refractivity contribution >= 4 is 39.2 Å². The molecule has 142 valence electrons. The maximum Gasteiger partial charge on any atom is 0.301 e. The molecular formula is C20H17N3O4S. The number of aromatic nitrogens is 1. The van der Waals surface area contributed by atoms with Gasteiger partial charge in [-0.15, -0.1) is 11.3 Å². The van der Waals surface area contributed by atoms with Gasteiger partial charge < -0.3 is 14.1 Å². The number of hydrogen-bond acceptors (Lipinski definition) is 7. The molecule has 3 aromatic heterocycles. The van der Waals surface area contributed by atoms with E-state index in [9.17, 15) is 9.59 Å². The Labute approximate surface area is 164 Å². The molecule has 1 amide bonds. The first-order valence-corrected chi connectivity index (χ1v) is 9.62. The summed E-state index contributed by atoms with van der Waals surface area (Å²) in [6.45, 7) is 4.16. The highest BCUT2D eigenvalue weighted by Gasteiger charge is 2.19. The van der Waals surface area contributed by atoms with Gasteiger partial charge in [0.15, 0.2) is 11.5 Å². The van der Waals surface area contributed by atoms with Crippen molar-refractivity contribution < 1.29 is 13.9 Å². The molecule has 28 heavy (non-hydrogen) atoms. The van der Waals surface area contributed by atoms with Crippen molar-refractivity contribution in [2.75, 3.05) is 36.5 Å². The zero-order valence-corrected chi connectivity index (χ0v) is 16.0. The molecule has 3 aromatic rings. The SMILES string of the molecule is CC#CC(=O)Nc1cc(-c2csc3c(=O)cc(N4CCOCC4)oc23)ccn1. The molecule has 1 aliphatic heterocycles. The second kappa shape index (κ2) is 7.84. The summed E-state index contributed by atoms with van der Waals surface area (Å²) in [7, 11) is 0. The summed E-state index contributed by atoms with van der Waals surface area (Å²) in [5.41, 5.74) is 2.05. The summed E-state index contributed by atoms with van der Waals surface area (Å²) in [5.74, 6) is 5.46. The van der Waals surface area contributed by atoms with Crippen LogP contribution in [0, 0.1) is 11.8 Å². The molecule has 0 spiro atoms. The lowest BCUT2D eigenvalue weighted by molar-refractivity contribution is -0.111. The smallest absolute Gasteiger partial charge is 0.301 e. The number of anilines is 2. The Bertz CT molecular complexity index is 1150. The average molecular weight is 395 g/mol.